The van der Waals surface area contributed by atoms with Crippen LogP contribution in [0, 0.1) is 0 Å². The van der Waals surface area contributed by atoms with Crippen LogP contribution in [0.1, 0.15) is 5.69 Å². The number of fused-ring (bicyclic) bond motifs is 1. The highest BCUT2D eigenvalue weighted by molar-refractivity contribution is 5.36. The third-order valence-electron chi connectivity index (χ3n) is 2.75. The molecule has 3 rings (SSSR count). The van der Waals surface area contributed by atoms with Gasteiger partial charge in [0, 0.05) is 6.20 Å². The number of rotatable bonds is 3. The fourth-order valence-electron chi connectivity index (χ4n) is 1.87. The molecule has 96 valence electrons. The minimum Gasteiger partial charge on any atom is -0.308 e. The van der Waals surface area contributed by atoms with Gasteiger partial charge in [-0.3, -0.25) is 4.40 Å². The first-order chi connectivity index (χ1) is 9.28. The minimum absolute atomic E-state index is 0.191. The van der Waals surface area contributed by atoms with Gasteiger partial charge in [0.25, 0.3) is 0 Å². The molecule has 0 unspecified atom stereocenters. The summed E-state index contributed by atoms with van der Waals surface area (Å²) in [5, 5.41) is 4.24. The van der Waals surface area contributed by atoms with Crippen LogP contribution in [-0.4, -0.2) is 19.2 Å². The summed E-state index contributed by atoms with van der Waals surface area (Å²) >= 11 is 0. The van der Waals surface area contributed by atoms with Gasteiger partial charge in [0.05, 0.1) is 12.2 Å². The lowest BCUT2D eigenvalue weighted by Gasteiger charge is -2.02. The number of nitrogens with zero attached hydrogens (tertiary/aromatic N) is 4. The Morgan fingerprint density at radius 2 is 2.11 bits per heavy atom. The van der Waals surface area contributed by atoms with Gasteiger partial charge in [-0.15, -0.1) is 5.10 Å². The zero-order chi connectivity index (χ0) is 13.2. The SMILES string of the molecule is NNc1cccc(Cn2nc3ccccn3c2=O)n1. The second kappa shape index (κ2) is 4.54. The van der Waals surface area contributed by atoms with Crippen molar-refractivity contribution >= 4 is 11.5 Å². The topological polar surface area (TPSA) is 90.2 Å². The summed E-state index contributed by atoms with van der Waals surface area (Å²) in [6.45, 7) is 0.302. The highest BCUT2D eigenvalue weighted by Gasteiger charge is 2.07. The van der Waals surface area contributed by atoms with Gasteiger partial charge in [-0.2, -0.15) is 0 Å². The number of aromatic nitrogens is 4. The van der Waals surface area contributed by atoms with E-state index in [1.807, 2.05) is 18.2 Å². The van der Waals surface area contributed by atoms with Crippen molar-refractivity contribution in [3.8, 4) is 0 Å². The molecule has 0 bridgehead atoms. The average molecular weight is 256 g/mol. The summed E-state index contributed by atoms with van der Waals surface area (Å²) in [5.74, 6) is 5.85. The number of pyridine rings is 2. The maximum atomic E-state index is 12.1. The van der Waals surface area contributed by atoms with Gasteiger partial charge >= 0.3 is 5.69 Å². The average Bonchev–Trinajstić information content (AvgIpc) is 2.76. The van der Waals surface area contributed by atoms with Crippen LogP contribution in [0.15, 0.2) is 47.4 Å². The van der Waals surface area contributed by atoms with Crippen molar-refractivity contribution in [2.75, 3.05) is 5.43 Å². The lowest BCUT2D eigenvalue weighted by molar-refractivity contribution is 0.647. The third kappa shape index (κ3) is 2.06. The van der Waals surface area contributed by atoms with E-state index in [4.69, 9.17) is 5.84 Å². The van der Waals surface area contributed by atoms with Crippen molar-refractivity contribution in [1.29, 1.82) is 0 Å². The van der Waals surface area contributed by atoms with E-state index in [9.17, 15) is 4.79 Å². The Balaban J connectivity index is 2.01. The Labute approximate surface area is 108 Å². The third-order valence-corrected chi connectivity index (χ3v) is 2.75. The smallest absolute Gasteiger partial charge is 0.308 e. The fourth-order valence-corrected chi connectivity index (χ4v) is 1.87. The van der Waals surface area contributed by atoms with Gasteiger partial charge in [0.15, 0.2) is 5.65 Å². The number of hydrogen-bond donors (Lipinski definition) is 2. The van der Waals surface area contributed by atoms with Gasteiger partial charge in [0.1, 0.15) is 5.82 Å². The first-order valence-corrected chi connectivity index (χ1v) is 5.75. The predicted molar refractivity (Wildman–Crippen MR) is 70.6 cm³/mol. The zero-order valence-electron chi connectivity index (χ0n) is 10.0. The largest absolute Gasteiger partial charge is 0.350 e. The second-order valence-corrected chi connectivity index (χ2v) is 4.03. The number of hydrazine groups is 1. The number of hydrogen-bond acceptors (Lipinski definition) is 5. The van der Waals surface area contributed by atoms with E-state index < -0.39 is 0 Å². The van der Waals surface area contributed by atoms with Crippen molar-refractivity contribution in [2.45, 2.75) is 6.54 Å². The molecular weight excluding hydrogens is 244 g/mol. The molecule has 0 atom stereocenters. The molecule has 3 aromatic rings. The lowest BCUT2D eigenvalue weighted by atomic mass is 10.3. The molecule has 0 saturated heterocycles. The van der Waals surface area contributed by atoms with Crippen molar-refractivity contribution in [3.63, 3.8) is 0 Å². The quantitative estimate of drug-likeness (QED) is 0.517. The van der Waals surface area contributed by atoms with Crippen LogP contribution >= 0.6 is 0 Å². The van der Waals surface area contributed by atoms with Gasteiger partial charge in [-0.05, 0) is 24.3 Å². The normalized spacial score (nSPS) is 10.8. The van der Waals surface area contributed by atoms with Gasteiger partial charge in [-0.25, -0.2) is 20.3 Å². The number of nitrogens with one attached hydrogen (secondary N) is 1. The Kier molecular flexibility index (Phi) is 2.73. The number of nitrogens with two attached hydrogens (primary N) is 1. The molecular formula is C12H12N6O. The van der Waals surface area contributed by atoms with E-state index in [0.29, 0.717) is 23.7 Å². The first-order valence-electron chi connectivity index (χ1n) is 5.75. The standard InChI is InChI=1S/C12H12N6O/c13-15-10-5-3-4-9(14-10)8-18-12(19)17-7-2-1-6-11(17)16-18/h1-7H,8,13H2,(H,14,15). The Morgan fingerprint density at radius 3 is 2.89 bits per heavy atom. The molecule has 0 saturated carbocycles. The van der Waals surface area contributed by atoms with Crippen LogP contribution in [-0.2, 0) is 6.54 Å². The van der Waals surface area contributed by atoms with Gasteiger partial charge < -0.3 is 5.43 Å². The summed E-state index contributed by atoms with van der Waals surface area (Å²) < 4.78 is 2.86. The maximum absolute atomic E-state index is 12.1. The minimum atomic E-state index is -0.191. The van der Waals surface area contributed by atoms with E-state index in [0.717, 1.165) is 0 Å². The second-order valence-electron chi connectivity index (χ2n) is 4.03. The van der Waals surface area contributed by atoms with Gasteiger partial charge in [-0.1, -0.05) is 12.1 Å². The molecule has 0 fully saturated rings. The van der Waals surface area contributed by atoms with Crippen molar-refractivity contribution in [1.82, 2.24) is 19.2 Å². The predicted octanol–water partition coefficient (Wildman–Crippen LogP) is 0.225. The molecule has 19 heavy (non-hydrogen) atoms. The van der Waals surface area contributed by atoms with E-state index in [2.05, 4.69) is 15.5 Å². The molecule has 0 aromatic carbocycles. The van der Waals surface area contributed by atoms with Crippen LogP contribution in [0.3, 0.4) is 0 Å². The Bertz CT molecular complexity index is 775. The van der Waals surface area contributed by atoms with Crippen molar-refractivity contribution < 1.29 is 0 Å². The molecule has 0 amide bonds. The Hall–Kier alpha value is -2.67. The zero-order valence-corrected chi connectivity index (χ0v) is 10.0. The van der Waals surface area contributed by atoms with E-state index in [-0.39, 0.29) is 5.69 Å². The molecule has 0 aliphatic rings. The summed E-state index contributed by atoms with van der Waals surface area (Å²) in [5.41, 5.74) is 3.60. The highest BCUT2D eigenvalue weighted by Crippen LogP contribution is 2.04. The molecule has 3 N–H and O–H groups in total. The molecule has 3 heterocycles. The van der Waals surface area contributed by atoms with Crippen LogP contribution in [0.25, 0.3) is 5.65 Å². The maximum Gasteiger partial charge on any atom is 0.350 e. The van der Waals surface area contributed by atoms with E-state index in [1.54, 1.807) is 24.4 Å². The molecule has 0 spiro atoms. The van der Waals surface area contributed by atoms with Crippen molar-refractivity contribution in [3.05, 3.63) is 58.8 Å². The number of anilines is 1. The Morgan fingerprint density at radius 1 is 1.21 bits per heavy atom. The number of nitrogen functional groups attached to an aromatic ring is 1. The summed E-state index contributed by atoms with van der Waals surface area (Å²) in [4.78, 5) is 16.3. The summed E-state index contributed by atoms with van der Waals surface area (Å²) in [7, 11) is 0. The molecule has 3 aromatic heterocycles. The van der Waals surface area contributed by atoms with Gasteiger partial charge in [0.2, 0.25) is 0 Å². The summed E-state index contributed by atoms with van der Waals surface area (Å²) in [6, 6.07) is 10.8. The van der Waals surface area contributed by atoms with Crippen LogP contribution in [0.5, 0.6) is 0 Å². The van der Waals surface area contributed by atoms with E-state index >= 15 is 0 Å². The molecule has 0 radical (unpaired) electrons. The van der Waals surface area contributed by atoms with E-state index in [1.165, 1.54) is 9.08 Å². The van der Waals surface area contributed by atoms with Crippen molar-refractivity contribution in [2.24, 2.45) is 5.84 Å². The highest BCUT2D eigenvalue weighted by atomic mass is 16.2. The summed E-state index contributed by atoms with van der Waals surface area (Å²) in [6.07, 6.45) is 1.69. The van der Waals surface area contributed by atoms with Crippen LogP contribution in [0.4, 0.5) is 5.82 Å². The van der Waals surface area contributed by atoms with Crippen LogP contribution in [0.2, 0.25) is 0 Å². The molecule has 0 aliphatic carbocycles. The molecule has 7 heteroatoms. The fraction of sp³-hybridized carbons (Fsp3) is 0.0833. The monoisotopic (exact) mass is 256 g/mol. The van der Waals surface area contributed by atoms with Crippen LogP contribution < -0.4 is 17.0 Å². The first kappa shape index (κ1) is 11.4. The lowest BCUT2D eigenvalue weighted by Crippen LogP contribution is -2.22. The molecule has 0 aliphatic heterocycles. The molecule has 7 nitrogen and oxygen atoms in total.